The number of hydrogen-bond donors (Lipinski definition) is 1. The number of allylic oxidation sites excluding steroid dienone is 10. The normalized spacial score (nSPS) is 14.3. The van der Waals surface area contributed by atoms with Crippen molar-refractivity contribution in [2.45, 2.75) is 80.8 Å². The van der Waals surface area contributed by atoms with Crippen LogP contribution in [-0.4, -0.2) is 22.8 Å². The number of ketones is 1. The molecule has 0 aliphatic heterocycles. The molecular weight excluding hydrogens is 491 g/mol. The molecule has 0 radical (unpaired) electrons. The Balaban J connectivity index is 0. The molecule has 7 heteroatoms. The second-order valence-electron chi connectivity index (χ2n) is 8.45. The molecule has 4 nitrogen and oxygen atoms in total. The third-order valence-electron chi connectivity index (χ3n) is 5.27. The third-order valence-corrected chi connectivity index (χ3v) is 5.27. The lowest BCUT2D eigenvalue weighted by molar-refractivity contribution is -0.113. The van der Waals surface area contributed by atoms with Gasteiger partial charge in [-0.15, -0.1) is 6.58 Å². The van der Waals surface area contributed by atoms with Crippen LogP contribution in [0.5, 0.6) is 0 Å². The van der Waals surface area contributed by atoms with Gasteiger partial charge in [0.25, 0.3) is 0 Å². The lowest BCUT2D eigenvalue weighted by atomic mass is 9.93. The van der Waals surface area contributed by atoms with E-state index in [1.54, 1.807) is 13.0 Å². The molecule has 0 saturated carbocycles. The van der Waals surface area contributed by atoms with Crippen molar-refractivity contribution in [1.82, 2.24) is 0 Å². The van der Waals surface area contributed by atoms with Crippen molar-refractivity contribution in [2.24, 2.45) is 10.9 Å². The minimum Gasteiger partial charge on any atom is -0.510 e. The first-order chi connectivity index (χ1) is 17.7. The summed E-state index contributed by atoms with van der Waals surface area (Å²) in [5.74, 6) is -0.292. The summed E-state index contributed by atoms with van der Waals surface area (Å²) < 4.78 is 45.1. The third kappa shape index (κ3) is 14.4. The maximum atomic E-state index is 13.4. The van der Waals surface area contributed by atoms with Crippen LogP contribution in [0.1, 0.15) is 80.2 Å². The lowest BCUT2D eigenvalue weighted by Gasteiger charge is -2.13. The number of aliphatic hydroxyl groups is 1. The van der Waals surface area contributed by atoms with Crippen molar-refractivity contribution in [3.8, 4) is 0 Å². The number of Topliss-reactive ketones (excluding diaryl/α,β-unsaturated/α-hetero) is 1. The van der Waals surface area contributed by atoms with Gasteiger partial charge in [0, 0.05) is 12.5 Å². The fourth-order valence-corrected chi connectivity index (χ4v) is 3.38. The molecule has 0 saturated heterocycles. The minimum atomic E-state index is -4.68. The van der Waals surface area contributed by atoms with Crippen LogP contribution in [0.25, 0.3) is 5.57 Å². The maximum absolute atomic E-state index is 13.4. The number of hydrogen-bond acceptors (Lipinski definition) is 4. The van der Waals surface area contributed by atoms with Gasteiger partial charge in [0.2, 0.25) is 0 Å². The molecule has 1 rings (SSSR count). The van der Waals surface area contributed by atoms with Crippen LogP contribution in [0.2, 0.25) is 0 Å². The van der Waals surface area contributed by atoms with Gasteiger partial charge in [0.05, 0.1) is 23.8 Å². The van der Waals surface area contributed by atoms with E-state index < -0.39 is 34.7 Å². The molecule has 0 aliphatic rings. The van der Waals surface area contributed by atoms with Gasteiger partial charge in [0.1, 0.15) is 11.5 Å². The summed E-state index contributed by atoms with van der Waals surface area (Å²) in [6.45, 7) is 20.7. The van der Waals surface area contributed by atoms with Gasteiger partial charge in [0.15, 0.2) is 5.78 Å². The summed E-state index contributed by atoms with van der Waals surface area (Å²) in [6, 6.07) is 1.53. The van der Waals surface area contributed by atoms with E-state index in [-0.39, 0.29) is 0 Å². The first kappa shape index (κ1) is 36.8. The van der Waals surface area contributed by atoms with Crippen LogP contribution in [-0.2, 0) is 4.79 Å². The molecule has 0 bridgehead atoms. The fourth-order valence-electron chi connectivity index (χ4n) is 3.38. The number of aliphatic hydroxyl groups excluding tert-OH is 1. The molecule has 1 N–H and O–H groups in total. The molecular formula is C31H44F3NO3. The lowest BCUT2D eigenvalue weighted by Crippen LogP contribution is -2.19. The number of alkyl halides is 3. The van der Waals surface area contributed by atoms with Crippen LogP contribution >= 0.6 is 0 Å². The molecule has 1 aromatic rings. The van der Waals surface area contributed by atoms with Crippen molar-refractivity contribution < 1.29 is 27.5 Å². The van der Waals surface area contributed by atoms with Crippen molar-refractivity contribution in [3.63, 3.8) is 0 Å². The van der Waals surface area contributed by atoms with Crippen LogP contribution < -0.4 is 0 Å². The first-order valence-corrected chi connectivity index (χ1v) is 12.6. The Morgan fingerprint density at radius 1 is 1.16 bits per heavy atom. The topological polar surface area (TPSA) is 62.8 Å². The van der Waals surface area contributed by atoms with Gasteiger partial charge < -0.3 is 9.52 Å². The number of halogens is 3. The SMILES string of the molecule is C=C/C=C(\C)C(CC)CCC.C=CC.C\C=C(/C=C(\C(C)=N\C(C(C)=O)=C(/C)O)C(F)(F)F)c1ccoc1. The Hall–Kier alpha value is -3.35. The summed E-state index contributed by atoms with van der Waals surface area (Å²) >= 11 is 0. The summed E-state index contributed by atoms with van der Waals surface area (Å²) in [7, 11) is 0. The predicted octanol–water partition coefficient (Wildman–Crippen LogP) is 10.1. The van der Waals surface area contributed by atoms with Crippen LogP contribution in [0.15, 0.2) is 94.1 Å². The number of carbonyl (C=O) groups excluding carboxylic acids is 1. The number of furan rings is 1. The highest BCUT2D eigenvalue weighted by Crippen LogP contribution is 2.31. The van der Waals surface area contributed by atoms with Crippen molar-refractivity contribution in [2.75, 3.05) is 0 Å². The quantitative estimate of drug-likeness (QED) is 0.107. The molecule has 1 heterocycles. The van der Waals surface area contributed by atoms with E-state index in [4.69, 9.17) is 4.42 Å². The van der Waals surface area contributed by atoms with E-state index >= 15 is 0 Å². The van der Waals surface area contributed by atoms with Gasteiger partial charge in [-0.25, -0.2) is 4.99 Å². The van der Waals surface area contributed by atoms with Crippen LogP contribution in [0.3, 0.4) is 0 Å². The van der Waals surface area contributed by atoms with Gasteiger partial charge in [-0.1, -0.05) is 56.7 Å². The number of carbonyl (C=O) groups is 1. The van der Waals surface area contributed by atoms with Gasteiger partial charge in [-0.05, 0) is 71.1 Å². The average molecular weight is 536 g/mol. The van der Waals surface area contributed by atoms with E-state index in [0.29, 0.717) is 11.1 Å². The van der Waals surface area contributed by atoms with Crippen LogP contribution in [0, 0.1) is 5.92 Å². The molecule has 0 fully saturated rings. The average Bonchev–Trinajstić information content (AvgIpc) is 3.36. The van der Waals surface area contributed by atoms with Gasteiger partial charge >= 0.3 is 6.18 Å². The van der Waals surface area contributed by atoms with Crippen molar-refractivity contribution >= 4 is 17.1 Å². The van der Waals surface area contributed by atoms with E-state index in [1.807, 2.05) is 13.0 Å². The molecule has 0 aromatic carbocycles. The second kappa shape index (κ2) is 19.7. The predicted molar refractivity (Wildman–Crippen MR) is 154 cm³/mol. The zero-order chi connectivity index (χ0) is 29.9. The smallest absolute Gasteiger partial charge is 0.418 e. The zero-order valence-corrected chi connectivity index (χ0v) is 24.1. The first-order valence-electron chi connectivity index (χ1n) is 12.6. The van der Waals surface area contributed by atoms with E-state index in [2.05, 4.69) is 45.0 Å². The molecule has 1 atom stereocenters. The Labute approximate surface area is 226 Å². The number of aliphatic imine (C=N–C) groups is 1. The Kier molecular flexibility index (Phi) is 19.1. The molecule has 1 unspecified atom stereocenters. The number of nitrogens with zero attached hydrogens (tertiary/aromatic N) is 1. The summed E-state index contributed by atoms with van der Waals surface area (Å²) in [6.07, 6.45) is 10.0. The molecule has 212 valence electrons. The van der Waals surface area contributed by atoms with E-state index in [0.717, 1.165) is 25.8 Å². The molecule has 0 spiro atoms. The highest BCUT2D eigenvalue weighted by atomic mass is 19.4. The standard InChI is InChI=1S/C17H18F3NO3.C11H20.C3H6/c1-5-13(14-6-7-24-9-14)8-15(17(18,19)20)10(2)21-16(11(3)22)12(4)23;1-5-8-10(4)11(7-3)9-6-2;1-3-2/h5-9,22H,1-4H3;5,8,11H,1,6-7,9H2,2-4H3;3H,1H2,2H3/b13-5+,15-8+,16-11+,21-10+;10-8+;. The fraction of sp³-hybridized carbons (Fsp3) is 0.419. The largest absolute Gasteiger partial charge is 0.510 e. The molecule has 38 heavy (non-hydrogen) atoms. The minimum absolute atomic E-state index is 0.291. The van der Waals surface area contributed by atoms with Gasteiger partial charge in [-0.2, -0.15) is 13.2 Å². The molecule has 0 amide bonds. The molecule has 0 aliphatic carbocycles. The highest BCUT2D eigenvalue weighted by molar-refractivity contribution is 6.05. The monoisotopic (exact) mass is 535 g/mol. The summed E-state index contributed by atoms with van der Waals surface area (Å²) in [5, 5.41) is 9.42. The van der Waals surface area contributed by atoms with Crippen LogP contribution in [0.4, 0.5) is 13.2 Å². The summed E-state index contributed by atoms with van der Waals surface area (Å²) in [5.41, 5.74) is 0.394. The Morgan fingerprint density at radius 3 is 2.08 bits per heavy atom. The van der Waals surface area contributed by atoms with Gasteiger partial charge in [-0.3, -0.25) is 4.79 Å². The second-order valence-corrected chi connectivity index (χ2v) is 8.45. The highest BCUT2D eigenvalue weighted by Gasteiger charge is 2.36. The zero-order valence-electron chi connectivity index (χ0n) is 24.1. The molecule has 1 aromatic heterocycles. The Bertz CT molecular complexity index is 1020. The van der Waals surface area contributed by atoms with Crippen molar-refractivity contribution in [3.05, 3.63) is 90.3 Å². The summed E-state index contributed by atoms with van der Waals surface area (Å²) in [4.78, 5) is 15.1. The van der Waals surface area contributed by atoms with E-state index in [1.165, 1.54) is 56.4 Å². The maximum Gasteiger partial charge on any atom is 0.418 e. The van der Waals surface area contributed by atoms with E-state index in [9.17, 15) is 23.1 Å². The van der Waals surface area contributed by atoms with Crippen molar-refractivity contribution in [1.29, 1.82) is 0 Å². The Morgan fingerprint density at radius 2 is 1.74 bits per heavy atom. The number of rotatable bonds is 10.